The maximum atomic E-state index is 12.0. The van der Waals surface area contributed by atoms with Crippen LogP contribution >= 0.6 is 0 Å². The average Bonchev–Trinajstić information content (AvgIpc) is 2.82. The number of carbonyl (C=O) groups is 1. The van der Waals surface area contributed by atoms with Crippen LogP contribution in [-0.4, -0.2) is 121 Å². The second-order valence-electron chi connectivity index (χ2n) is 11.2. The van der Waals surface area contributed by atoms with Crippen LogP contribution in [0.15, 0.2) is 11.6 Å². The number of ketones is 1. The van der Waals surface area contributed by atoms with Crippen LogP contribution < -0.4 is 0 Å². The third-order valence-electron chi connectivity index (χ3n) is 7.95. The number of hydrogen-bond donors (Lipinski definition) is 7. The van der Waals surface area contributed by atoms with Gasteiger partial charge in [-0.15, -0.1) is 0 Å². The number of aliphatic hydroxyl groups excluding tert-OH is 6. The molecule has 1 aliphatic carbocycles. The minimum atomic E-state index is -1.62. The van der Waals surface area contributed by atoms with Crippen LogP contribution in [0, 0.1) is 5.41 Å². The van der Waals surface area contributed by atoms with E-state index in [0.717, 1.165) is 0 Å². The lowest BCUT2D eigenvalue weighted by Crippen LogP contribution is -2.61. The highest BCUT2D eigenvalue weighted by Gasteiger charge is 2.49. The van der Waals surface area contributed by atoms with Crippen molar-refractivity contribution in [3.8, 4) is 0 Å². The molecule has 1 unspecified atom stereocenters. The van der Waals surface area contributed by atoms with E-state index < -0.39 is 78.5 Å². The molecule has 12 heteroatoms. The van der Waals surface area contributed by atoms with Crippen molar-refractivity contribution in [2.45, 2.75) is 127 Å². The summed E-state index contributed by atoms with van der Waals surface area (Å²) in [5.41, 5.74) is -1.34. The van der Waals surface area contributed by atoms with Crippen molar-refractivity contribution < 1.29 is 59.5 Å². The van der Waals surface area contributed by atoms with Crippen LogP contribution in [0.5, 0.6) is 0 Å². The molecule has 37 heavy (non-hydrogen) atoms. The van der Waals surface area contributed by atoms with Crippen molar-refractivity contribution in [2.24, 2.45) is 5.41 Å². The zero-order valence-electron chi connectivity index (χ0n) is 21.9. The quantitative estimate of drug-likeness (QED) is 0.191. The van der Waals surface area contributed by atoms with Gasteiger partial charge in [0.15, 0.2) is 18.4 Å². The summed E-state index contributed by atoms with van der Waals surface area (Å²) < 4.78 is 22.3. The minimum absolute atomic E-state index is 0.0395. The number of carbonyl (C=O) groups excluding carboxylic acids is 1. The Balaban J connectivity index is 1.59. The third kappa shape index (κ3) is 6.25. The number of hydrogen-bond acceptors (Lipinski definition) is 12. The van der Waals surface area contributed by atoms with Crippen LogP contribution in [0.3, 0.4) is 0 Å². The second kappa shape index (κ2) is 11.6. The lowest BCUT2D eigenvalue weighted by Gasteiger charge is -2.46. The summed E-state index contributed by atoms with van der Waals surface area (Å²) in [6, 6.07) is 0. The summed E-state index contributed by atoms with van der Waals surface area (Å²) in [6.07, 6.45) is -12.0. The van der Waals surface area contributed by atoms with Gasteiger partial charge in [0, 0.05) is 11.8 Å². The van der Waals surface area contributed by atoms with Gasteiger partial charge in [-0.05, 0) is 45.3 Å². The maximum absolute atomic E-state index is 12.0. The summed E-state index contributed by atoms with van der Waals surface area (Å²) in [7, 11) is 0. The Hall–Kier alpha value is -1.03. The van der Waals surface area contributed by atoms with Gasteiger partial charge in [-0.2, -0.15) is 0 Å². The molecule has 0 spiro atoms. The first kappa shape index (κ1) is 30.5. The van der Waals surface area contributed by atoms with Gasteiger partial charge in [-0.25, -0.2) is 0 Å². The van der Waals surface area contributed by atoms with E-state index in [-0.39, 0.29) is 25.2 Å². The molecule has 3 rings (SSSR count). The van der Waals surface area contributed by atoms with E-state index in [9.17, 15) is 40.5 Å². The first-order valence-corrected chi connectivity index (χ1v) is 12.7. The van der Waals surface area contributed by atoms with E-state index >= 15 is 0 Å². The standard InChI is InChI=1S/C25H42O12/c1-11-8-14(26)9-24(4,5)25(11,33)7-6-12(2)35-23-21(32)19(30)17(28)15(37-23)10-34-22-20(31)18(29)16(27)13(3)36-22/h8,12-13,15-23,27-33H,6-7,9-10H2,1-5H3/t12?,13-,15-,16-,17-,18+,19+,20+,21-,22+,23+,25+/m0/s1. The van der Waals surface area contributed by atoms with Crippen molar-refractivity contribution >= 4 is 5.78 Å². The van der Waals surface area contributed by atoms with E-state index in [0.29, 0.717) is 12.0 Å². The molecule has 2 saturated heterocycles. The molecule has 0 saturated carbocycles. The van der Waals surface area contributed by atoms with Crippen LogP contribution in [0.25, 0.3) is 0 Å². The first-order valence-electron chi connectivity index (χ1n) is 12.7. The van der Waals surface area contributed by atoms with Crippen molar-refractivity contribution in [2.75, 3.05) is 6.61 Å². The van der Waals surface area contributed by atoms with E-state index in [2.05, 4.69) is 0 Å². The van der Waals surface area contributed by atoms with Crippen molar-refractivity contribution in [1.82, 2.24) is 0 Å². The van der Waals surface area contributed by atoms with Gasteiger partial charge < -0.3 is 54.7 Å². The lowest BCUT2D eigenvalue weighted by atomic mass is 9.63. The Kier molecular flexibility index (Phi) is 9.57. The molecule has 0 radical (unpaired) electrons. The molecule has 0 aromatic rings. The largest absolute Gasteiger partial charge is 0.388 e. The number of ether oxygens (including phenoxy) is 4. The Morgan fingerprint density at radius 2 is 1.57 bits per heavy atom. The molecule has 12 atom stereocenters. The highest BCUT2D eigenvalue weighted by atomic mass is 16.7. The molecule has 0 aromatic carbocycles. The van der Waals surface area contributed by atoms with Gasteiger partial charge in [-0.3, -0.25) is 4.79 Å². The molecule has 0 amide bonds. The predicted molar refractivity (Wildman–Crippen MR) is 127 cm³/mol. The van der Waals surface area contributed by atoms with E-state index in [1.165, 1.54) is 13.0 Å². The van der Waals surface area contributed by atoms with Gasteiger partial charge in [0.1, 0.15) is 42.7 Å². The summed E-state index contributed by atoms with van der Waals surface area (Å²) in [5.74, 6) is -0.0395. The molecule has 3 aliphatic rings. The highest BCUT2D eigenvalue weighted by Crippen LogP contribution is 2.46. The second-order valence-corrected chi connectivity index (χ2v) is 11.2. The van der Waals surface area contributed by atoms with E-state index in [4.69, 9.17) is 18.9 Å². The molecule has 0 aromatic heterocycles. The third-order valence-corrected chi connectivity index (χ3v) is 7.95. The van der Waals surface area contributed by atoms with Gasteiger partial charge in [-0.1, -0.05) is 13.8 Å². The zero-order valence-corrected chi connectivity index (χ0v) is 21.9. The molecule has 0 bridgehead atoms. The Bertz CT molecular complexity index is 832. The smallest absolute Gasteiger partial charge is 0.186 e. The molecule has 7 N–H and O–H groups in total. The van der Waals surface area contributed by atoms with Crippen LogP contribution in [-0.2, 0) is 23.7 Å². The first-order chi connectivity index (χ1) is 17.1. The van der Waals surface area contributed by atoms with Crippen molar-refractivity contribution in [3.05, 3.63) is 11.6 Å². The number of rotatable bonds is 8. The maximum Gasteiger partial charge on any atom is 0.186 e. The van der Waals surface area contributed by atoms with Gasteiger partial charge in [0.25, 0.3) is 0 Å². The summed E-state index contributed by atoms with van der Waals surface area (Å²) in [4.78, 5) is 12.0. The molecular weight excluding hydrogens is 492 g/mol. The average molecular weight is 535 g/mol. The van der Waals surface area contributed by atoms with Crippen molar-refractivity contribution in [1.29, 1.82) is 0 Å². The number of allylic oxidation sites excluding steroid dienone is 1. The van der Waals surface area contributed by atoms with Crippen molar-refractivity contribution in [3.63, 3.8) is 0 Å². The fourth-order valence-electron chi connectivity index (χ4n) is 5.28. The normalized spacial score (nSPS) is 45.4. The molecule has 12 nitrogen and oxygen atoms in total. The molecule has 2 aliphatic heterocycles. The zero-order chi connectivity index (χ0) is 27.9. The SMILES string of the molecule is CC1=CC(=O)CC(C)(C)[C@@]1(O)CCC(C)O[C@@H]1O[C@@H](CO[C@@H]2O[C@@H](C)[C@H](O)[C@@H](O)[C@H]2O)[C@H](O)[C@@H](O)[C@@H]1O. The predicted octanol–water partition coefficient (Wildman–Crippen LogP) is -1.50. The Labute approximate surface area is 216 Å². The Morgan fingerprint density at radius 1 is 0.973 bits per heavy atom. The van der Waals surface area contributed by atoms with Crippen LogP contribution in [0.1, 0.15) is 53.9 Å². The molecule has 2 fully saturated rings. The van der Waals surface area contributed by atoms with Gasteiger partial charge >= 0.3 is 0 Å². The van der Waals surface area contributed by atoms with Crippen LogP contribution in [0.4, 0.5) is 0 Å². The molecule has 214 valence electrons. The molecule has 2 heterocycles. The van der Waals surface area contributed by atoms with Gasteiger partial charge in [0.05, 0.1) is 24.4 Å². The lowest BCUT2D eigenvalue weighted by molar-refractivity contribution is -0.333. The summed E-state index contributed by atoms with van der Waals surface area (Å²) in [5, 5.41) is 72.4. The highest BCUT2D eigenvalue weighted by molar-refractivity contribution is 5.92. The van der Waals surface area contributed by atoms with Gasteiger partial charge in [0.2, 0.25) is 0 Å². The summed E-state index contributed by atoms with van der Waals surface area (Å²) >= 11 is 0. The Morgan fingerprint density at radius 3 is 2.19 bits per heavy atom. The van der Waals surface area contributed by atoms with Crippen LogP contribution in [0.2, 0.25) is 0 Å². The summed E-state index contributed by atoms with van der Waals surface area (Å²) in [6.45, 7) is 8.19. The van der Waals surface area contributed by atoms with E-state index in [1.54, 1.807) is 13.8 Å². The monoisotopic (exact) mass is 534 g/mol. The topological polar surface area (TPSA) is 196 Å². The van der Waals surface area contributed by atoms with E-state index in [1.807, 2.05) is 13.8 Å². The fraction of sp³-hybridized carbons (Fsp3) is 0.880. The fourth-order valence-corrected chi connectivity index (χ4v) is 5.28. The number of aliphatic hydroxyl groups is 7. The minimum Gasteiger partial charge on any atom is -0.388 e. The molecular formula is C25H42O12.